The number of nitrogens with one attached hydrogen (secondary N) is 1. The van der Waals surface area contributed by atoms with E-state index in [-0.39, 0.29) is 0 Å². The highest BCUT2D eigenvalue weighted by atomic mass is 79.9. The molecule has 0 aliphatic rings. The third-order valence-electron chi connectivity index (χ3n) is 3.01. The van der Waals surface area contributed by atoms with Gasteiger partial charge in [-0.2, -0.15) is 0 Å². The van der Waals surface area contributed by atoms with Crippen molar-refractivity contribution in [2.75, 3.05) is 6.54 Å². The second-order valence-corrected chi connectivity index (χ2v) is 6.01. The van der Waals surface area contributed by atoms with Gasteiger partial charge in [0.2, 0.25) is 0 Å². The Hall–Kier alpha value is -0.580. The first-order valence-electron chi connectivity index (χ1n) is 6.27. The van der Waals surface area contributed by atoms with Gasteiger partial charge in [0.25, 0.3) is 0 Å². The lowest BCUT2D eigenvalue weighted by Gasteiger charge is -2.17. The lowest BCUT2D eigenvalue weighted by Crippen LogP contribution is -2.23. The summed E-state index contributed by atoms with van der Waals surface area (Å²) in [6.07, 6.45) is 3.73. The van der Waals surface area contributed by atoms with Gasteiger partial charge in [-0.25, -0.2) is 0 Å². The van der Waals surface area contributed by atoms with Crippen LogP contribution >= 0.6 is 27.3 Å². The highest BCUT2D eigenvalue weighted by Gasteiger charge is 2.18. The van der Waals surface area contributed by atoms with Crippen LogP contribution in [-0.2, 0) is 12.8 Å². The molecule has 1 atom stereocenters. The average Bonchev–Trinajstić information content (AvgIpc) is 2.98. The normalized spacial score (nSPS) is 12.8. The fourth-order valence-electron chi connectivity index (χ4n) is 2.14. The Balaban J connectivity index is 2.21. The summed E-state index contributed by atoms with van der Waals surface area (Å²) in [7, 11) is 0. The van der Waals surface area contributed by atoms with Gasteiger partial charge in [-0.05, 0) is 40.0 Å². The van der Waals surface area contributed by atoms with E-state index in [0.29, 0.717) is 6.04 Å². The molecule has 2 aromatic rings. The van der Waals surface area contributed by atoms with E-state index in [2.05, 4.69) is 52.6 Å². The quantitative estimate of drug-likeness (QED) is 0.841. The predicted molar refractivity (Wildman–Crippen MR) is 80.2 cm³/mol. The summed E-state index contributed by atoms with van der Waals surface area (Å²) in [4.78, 5) is 1.38. The number of aryl methyl sites for hydroxylation is 1. The van der Waals surface area contributed by atoms with Crippen LogP contribution in [-0.4, -0.2) is 6.54 Å². The molecule has 2 rings (SSSR count). The van der Waals surface area contributed by atoms with E-state index in [1.165, 1.54) is 14.9 Å². The maximum Gasteiger partial charge on any atom is 0.108 e. The van der Waals surface area contributed by atoms with Gasteiger partial charge in [0.1, 0.15) is 5.76 Å². The molecule has 2 heterocycles. The molecule has 0 saturated carbocycles. The Bertz CT molecular complexity index is 491. The van der Waals surface area contributed by atoms with E-state index in [1.54, 1.807) is 17.6 Å². The molecule has 0 spiro atoms. The second kappa shape index (κ2) is 6.55. The number of thiophene rings is 1. The van der Waals surface area contributed by atoms with Crippen LogP contribution in [0.2, 0.25) is 0 Å². The molecular weight excluding hydrogens is 310 g/mol. The SMILES string of the molecule is CCNC(Cc1sccc1Br)c1ccoc1CC. The zero-order valence-electron chi connectivity index (χ0n) is 10.7. The second-order valence-electron chi connectivity index (χ2n) is 4.16. The van der Waals surface area contributed by atoms with Crippen molar-refractivity contribution in [3.63, 3.8) is 0 Å². The highest BCUT2D eigenvalue weighted by Crippen LogP contribution is 2.30. The Labute approximate surface area is 121 Å². The number of rotatable bonds is 6. The van der Waals surface area contributed by atoms with Crippen LogP contribution in [0.5, 0.6) is 0 Å². The van der Waals surface area contributed by atoms with Crippen molar-refractivity contribution >= 4 is 27.3 Å². The molecule has 18 heavy (non-hydrogen) atoms. The zero-order valence-corrected chi connectivity index (χ0v) is 13.1. The first kappa shape index (κ1) is 13.8. The van der Waals surface area contributed by atoms with Gasteiger partial charge in [-0.3, -0.25) is 0 Å². The smallest absolute Gasteiger partial charge is 0.108 e. The first-order valence-corrected chi connectivity index (χ1v) is 7.95. The van der Waals surface area contributed by atoms with Crippen molar-refractivity contribution in [3.8, 4) is 0 Å². The van der Waals surface area contributed by atoms with E-state index >= 15 is 0 Å². The Kier molecular flexibility index (Phi) is 5.03. The Morgan fingerprint density at radius 1 is 1.39 bits per heavy atom. The number of hydrogen-bond acceptors (Lipinski definition) is 3. The fraction of sp³-hybridized carbons (Fsp3) is 0.429. The van der Waals surface area contributed by atoms with E-state index < -0.39 is 0 Å². The summed E-state index contributed by atoms with van der Waals surface area (Å²) in [6.45, 7) is 5.23. The topological polar surface area (TPSA) is 25.2 Å². The molecule has 98 valence electrons. The summed E-state index contributed by atoms with van der Waals surface area (Å²) >= 11 is 5.40. The van der Waals surface area contributed by atoms with Crippen LogP contribution in [0.4, 0.5) is 0 Å². The molecule has 4 heteroatoms. The summed E-state index contributed by atoms with van der Waals surface area (Å²) in [5.41, 5.74) is 1.29. The lowest BCUT2D eigenvalue weighted by atomic mass is 10.0. The molecule has 0 saturated heterocycles. The van der Waals surface area contributed by atoms with Gasteiger partial charge in [0.15, 0.2) is 0 Å². The van der Waals surface area contributed by atoms with E-state index in [4.69, 9.17) is 4.42 Å². The molecule has 1 N–H and O–H groups in total. The Morgan fingerprint density at radius 3 is 2.83 bits per heavy atom. The molecule has 0 bridgehead atoms. The standard InChI is InChI=1S/C14H18BrNOS/c1-3-13-10(5-7-17-13)12(16-4-2)9-14-11(15)6-8-18-14/h5-8,12,16H,3-4,9H2,1-2H3. The number of hydrogen-bond donors (Lipinski definition) is 1. The fourth-order valence-corrected chi connectivity index (χ4v) is 3.70. The van der Waals surface area contributed by atoms with Crippen molar-refractivity contribution in [3.05, 3.63) is 44.4 Å². The van der Waals surface area contributed by atoms with Crippen LogP contribution in [0.25, 0.3) is 0 Å². The van der Waals surface area contributed by atoms with Crippen molar-refractivity contribution in [1.29, 1.82) is 0 Å². The van der Waals surface area contributed by atoms with Gasteiger partial charge < -0.3 is 9.73 Å². The van der Waals surface area contributed by atoms with Crippen LogP contribution < -0.4 is 5.32 Å². The summed E-state index contributed by atoms with van der Waals surface area (Å²) in [6, 6.07) is 4.53. The molecule has 1 unspecified atom stereocenters. The van der Waals surface area contributed by atoms with E-state index in [0.717, 1.165) is 25.1 Å². The minimum atomic E-state index is 0.332. The number of furan rings is 1. The van der Waals surface area contributed by atoms with Crippen LogP contribution in [0, 0.1) is 0 Å². The minimum Gasteiger partial charge on any atom is -0.469 e. The molecule has 2 aromatic heterocycles. The van der Waals surface area contributed by atoms with E-state index in [9.17, 15) is 0 Å². The van der Waals surface area contributed by atoms with Crippen LogP contribution in [0.15, 0.2) is 32.7 Å². The largest absolute Gasteiger partial charge is 0.469 e. The predicted octanol–water partition coefficient (Wildman–Crippen LogP) is 4.56. The third kappa shape index (κ3) is 3.05. The molecule has 0 fully saturated rings. The summed E-state index contributed by atoms with van der Waals surface area (Å²) in [5, 5.41) is 5.67. The summed E-state index contributed by atoms with van der Waals surface area (Å²) < 4.78 is 6.75. The lowest BCUT2D eigenvalue weighted by molar-refractivity contribution is 0.488. The Morgan fingerprint density at radius 2 is 2.22 bits per heavy atom. The van der Waals surface area contributed by atoms with Gasteiger partial charge in [0, 0.05) is 33.8 Å². The maximum atomic E-state index is 5.54. The van der Waals surface area contributed by atoms with Gasteiger partial charge in [-0.1, -0.05) is 13.8 Å². The molecule has 0 radical (unpaired) electrons. The van der Waals surface area contributed by atoms with E-state index in [1.807, 2.05) is 0 Å². The summed E-state index contributed by atoms with van der Waals surface area (Å²) in [5.74, 6) is 1.09. The monoisotopic (exact) mass is 327 g/mol. The molecular formula is C14H18BrNOS. The zero-order chi connectivity index (χ0) is 13.0. The van der Waals surface area contributed by atoms with Crippen LogP contribution in [0.1, 0.15) is 36.1 Å². The minimum absolute atomic E-state index is 0.332. The molecule has 0 aromatic carbocycles. The molecule has 2 nitrogen and oxygen atoms in total. The maximum absolute atomic E-state index is 5.54. The number of halogens is 1. The third-order valence-corrected chi connectivity index (χ3v) is 4.96. The van der Waals surface area contributed by atoms with Gasteiger partial charge in [0.05, 0.1) is 6.26 Å². The molecule has 0 amide bonds. The number of likely N-dealkylation sites (N-methyl/N-ethyl adjacent to an activating group) is 1. The van der Waals surface area contributed by atoms with Crippen LogP contribution in [0.3, 0.4) is 0 Å². The van der Waals surface area contributed by atoms with Crippen molar-refractivity contribution in [2.45, 2.75) is 32.7 Å². The molecule has 0 aliphatic heterocycles. The van der Waals surface area contributed by atoms with Crippen molar-refractivity contribution in [2.24, 2.45) is 0 Å². The van der Waals surface area contributed by atoms with Gasteiger partial charge >= 0.3 is 0 Å². The van der Waals surface area contributed by atoms with Crippen molar-refractivity contribution in [1.82, 2.24) is 5.32 Å². The van der Waals surface area contributed by atoms with Crippen molar-refractivity contribution < 1.29 is 4.42 Å². The first-order chi connectivity index (χ1) is 8.76. The molecule has 0 aliphatic carbocycles. The average molecular weight is 328 g/mol. The highest BCUT2D eigenvalue weighted by molar-refractivity contribution is 9.10. The van der Waals surface area contributed by atoms with Gasteiger partial charge in [-0.15, -0.1) is 11.3 Å².